The molecular formula is C10H9NO3S. The summed E-state index contributed by atoms with van der Waals surface area (Å²) in [4.78, 5) is 23.5. The largest absolute Gasteiger partial charge is 0.480 e. The highest BCUT2D eigenvalue weighted by molar-refractivity contribution is 7.97. The topological polar surface area (TPSA) is 57.6 Å². The Morgan fingerprint density at radius 1 is 1.47 bits per heavy atom. The van der Waals surface area contributed by atoms with Crippen LogP contribution in [0.3, 0.4) is 0 Å². The Hall–Kier alpha value is -1.49. The van der Waals surface area contributed by atoms with Crippen LogP contribution in [0.2, 0.25) is 0 Å². The maximum Gasteiger partial charge on any atom is 0.320 e. The summed E-state index contributed by atoms with van der Waals surface area (Å²) in [6.45, 7) is 0. The number of hydrogen-bond donors (Lipinski definition) is 1. The van der Waals surface area contributed by atoms with E-state index in [9.17, 15) is 9.59 Å². The fourth-order valence-electron chi connectivity index (χ4n) is 1.55. The van der Waals surface area contributed by atoms with Crippen molar-refractivity contribution in [1.29, 1.82) is 0 Å². The highest BCUT2D eigenvalue weighted by Crippen LogP contribution is 2.37. The van der Waals surface area contributed by atoms with Crippen molar-refractivity contribution < 1.29 is 14.7 Å². The van der Waals surface area contributed by atoms with Crippen molar-refractivity contribution in [2.24, 2.45) is 0 Å². The number of benzene rings is 1. The van der Waals surface area contributed by atoms with Crippen molar-refractivity contribution in [2.45, 2.75) is 10.8 Å². The first-order chi connectivity index (χ1) is 7.11. The number of amides is 1. The van der Waals surface area contributed by atoms with Crippen molar-refractivity contribution in [3.8, 4) is 0 Å². The van der Waals surface area contributed by atoms with E-state index in [0.29, 0.717) is 5.56 Å². The van der Waals surface area contributed by atoms with Crippen LogP contribution in [0.1, 0.15) is 11.5 Å². The molecule has 78 valence electrons. The van der Waals surface area contributed by atoms with E-state index in [0.717, 1.165) is 4.90 Å². The monoisotopic (exact) mass is 223 g/mol. The van der Waals surface area contributed by atoms with Crippen LogP contribution >= 0.6 is 11.9 Å². The average Bonchev–Trinajstić information content (AvgIpc) is 2.19. The normalized spacial score (nSPS) is 19.9. The zero-order valence-electron chi connectivity index (χ0n) is 8.01. The highest BCUT2D eigenvalue weighted by Gasteiger charge is 2.37. The molecule has 15 heavy (non-hydrogen) atoms. The van der Waals surface area contributed by atoms with Crippen LogP contribution in [0, 0.1) is 0 Å². The Bertz CT molecular complexity index is 432. The molecule has 1 aromatic carbocycles. The van der Waals surface area contributed by atoms with E-state index in [1.54, 1.807) is 19.2 Å². The molecule has 0 fully saturated rings. The summed E-state index contributed by atoms with van der Waals surface area (Å²) in [5, 5.41) is 9.02. The number of fused-ring (bicyclic) bond motifs is 1. The first kappa shape index (κ1) is 10.0. The standard InChI is InChI=1S/C10H9NO3S/c1-11-9(12)8(10(13)14)6-4-2-3-5-7(6)15-11/h2-5,8H,1H3,(H,13,14). The molecule has 1 atom stereocenters. The van der Waals surface area contributed by atoms with Gasteiger partial charge in [0.05, 0.1) is 0 Å². The Labute approximate surface area is 91.0 Å². The second-order valence-corrected chi connectivity index (χ2v) is 4.41. The third kappa shape index (κ3) is 1.59. The molecule has 0 radical (unpaired) electrons. The van der Waals surface area contributed by atoms with Gasteiger partial charge >= 0.3 is 5.97 Å². The summed E-state index contributed by atoms with van der Waals surface area (Å²) in [6.07, 6.45) is 0. The predicted molar refractivity (Wildman–Crippen MR) is 55.4 cm³/mol. The maximum atomic E-state index is 11.7. The zero-order valence-corrected chi connectivity index (χ0v) is 8.82. The minimum Gasteiger partial charge on any atom is -0.480 e. The molecule has 1 aromatic rings. The lowest BCUT2D eigenvalue weighted by Crippen LogP contribution is -2.35. The lowest BCUT2D eigenvalue weighted by Gasteiger charge is -2.27. The van der Waals surface area contributed by atoms with E-state index in [1.807, 2.05) is 12.1 Å². The minimum atomic E-state index is -1.10. The SMILES string of the molecule is CN1Sc2ccccc2C(C(=O)O)C1=O. The number of rotatable bonds is 1. The second-order valence-electron chi connectivity index (χ2n) is 3.24. The van der Waals surface area contributed by atoms with Crippen molar-refractivity contribution in [3.63, 3.8) is 0 Å². The van der Waals surface area contributed by atoms with Gasteiger partial charge in [0.25, 0.3) is 5.91 Å². The van der Waals surface area contributed by atoms with Crippen molar-refractivity contribution >= 4 is 23.8 Å². The van der Waals surface area contributed by atoms with E-state index in [2.05, 4.69) is 0 Å². The van der Waals surface area contributed by atoms with Crippen LogP contribution in [0.15, 0.2) is 29.2 Å². The molecule has 1 amide bonds. The molecule has 5 heteroatoms. The van der Waals surface area contributed by atoms with Crippen LogP contribution in [0.4, 0.5) is 0 Å². The molecule has 1 aliphatic rings. The van der Waals surface area contributed by atoms with Crippen molar-refractivity contribution in [2.75, 3.05) is 7.05 Å². The van der Waals surface area contributed by atoms with Gasteiger partial charge in [-0.25, -0.2) is 0 Å². The van der Waals surface area contributed by atoms with Crippen LogP contribution in [0.25, 0.3) is 0 Å². The van der Waals surface area contributed by atoms with Gasteiger partial charge in [-0.05, 0) is 23.6 Å². The van der Waals surface area contributed by atoms with Gasteiger partial charge in [-0.15, -0.1) is 0 Å². The lowest BCUT2D eigenvalue weighted by molar-refractivity contribution is -0.144. The fourth-order valence-corrected chi connectivity index (χ4v) is 2.47. The third-order valence-corrected chi connectivity index (χ3v) is 3.29. The quantitative estimate of drug-likeness (QED) is 0.576. The third-order valence-electron chi connectivity index (χ3n) is 2.27. The molecule has 2 rings (SSSR count). The molecule has 0 aliphatic carbocycles. The van der Waals surface area contributed by atoms with Gasteiger partial charge in [-0.3, -0.25) is 13.9 Å². The summed E-state index contributed by atoms with van der Waals surface area (Å²) in [5.41, 5.74) is 0.582. The van der Waals surface area contributed by atoms with Gasteiger partial charge < -0.3 is 5.11 Å². The van der Waals surface area contributed by atoms with Crippen LogP contribution in [0.5, 0.6) is 0 Å². The minimum absolute atomic E-state index is 0.383. The van der Waals surface area contributed by atoms with Gasteiger partial charge in [0.1, 0.15) is 0 Å². The first-order valence-corrected chi connectivity index (χ1v) is 5.16. The molecule has 0 spiro atoms. The van der Waals surface area contributed by atoms with Gasteiger partial charge in [-0.2, -0.15) is 0 Å². The number of hydrogen-bond acceptors (Lipinski definition) is 3. The number of carboxylic acid groups (broad SMARTS) is 1. The van der Waals surface area contributed by atoms with Gasteiger partial charge in [0, 0.05) is 11.9 Å². The summed E-state index contributed by atoms with van der Waals surface area (Å²) < 4.78 is 1.36. The Morgan fingerprint density at radius 3 is 2.80 bits per heavy atom. The molecule has 0 bridgehead atoms. The lowest BCUT2D eigenvalue weighted by atomic mass is 9.98. The van der Waals surface area contributed by atoms with Crippen LogP contribution in [-0.2, 0) is 9.59 Å². The Morgan fingerprint density at radius 2 is 2.13 bits per heavy atom. The maximum absolute atomic E-state index is 11.7. The molecule has 4 nitrogen and oxygen atoms in total. The zero-order chi connectivity index (χ0) is 11.0. The average molecular weight is 223 g/mol. The molecule has 0 saturated heterocycles. The summed E-state index contributed by atoms with van der Waals surface area (Å²) >= 11 is 1.26. The van der Waals surface area contributed by atoms with Gasteiger partial charge in [0.15, 0.2) is 5.92 Å². The van der Waals surface area contributed by atoms with Gasteiger partial charge in [-0.1, -0.05) is 18.2 Å². The molecule has 0 saturated carbocycles. The molecule has 0 aromatic heterocycles. The van der Waals surface area contributed by atoms with Crippen LogP contribution < -0.4 is 0 Å². The number of carbonyl (C=O) groups excluding carboxylic acids is 1. The number of carbonyl (C=O) groups is 2. The van der Waals surface area contributed by atoms with Crippen molar-refractivity contribution in [1.82, 2.24) is 4.31 Å². The number of likely N-dealkylation sites (N-methyl/N-ethyl adjacent to an activating group) is 1. The Balaban J connectivity index is 2.54. The van der Waals surface area contributed by atoms with E-state index in [4.69, 9.17) is 5.11 Å². The molecule has 1 aliphatic heterocycles. The summed E-state index contributed by atoms with van der Waals surface area (Å²) in [5.74, 6) is -2.54. The summed E-state index contributed by atoms with van der Waals surface area (Å²) in [7, 11) is 1.58. The van der Waals surface area contributed by atoms with E-state index in [-0.39, 0.29) is 5.91 Å². The van der Waals surface area contributed by atoms with Gasteiger partial charge in [0.2, 0.25) is 0 Å². The molecule has 1 heterocycles. The van der Waals surface area contributed by atoms with E-state index in [1.165, 1.54) is 16.3 Å². The van der Waals surface area contributed by atoms with E-state index >= 15 is 0 Å². The predicted octanol–water partition coefficient (Wildman–Crippen LogP) is 1.33. The number of nitrogens with zero attached hydrogens (tertiary/aromatic N) is 1. The number of aliphatic carboxylic acids is 1. The number of carboxylic acids is 1. The summed E-state index contributed by atoms with van der Waals surface area (Å²) in [6, 6.07) is 7.08. The first-order valence-electron chi connectivity index (χ1n) is 4.38. The molecule has 1 unspecified atom stereocenters. The second kappa shape index (κ2) is 3.58. The highest BCUT2D eigenvalue weighted by atomic mass is 32.2. The van der Waals surface area contributed by atoms with E-state index < -0.39 is 11.9 Å². The molecule has 1 N–H and O–H groups in total. The van der Waals surface area contributed by atoms with Crippen molar-refractivity contribution in [3.05, 3.63) is 29.8 Å². The van der Waals surface area contributed by atoms with Crippen LogP contribution in [-0.4, -0.2) is 28.3 Å². The fraction of sp³-hybridized carbons (Fsp3) is 0.200. The molecular weight excluding hydrogens is 214 g/mol. The Kier molecular flexibility index (Phi) is 2.40. The smallest absolute Gasteiger partial charge is 0.320 e.